The van der Waals surface area contributed by atoms with Gasteiger partial charge in [0.25, 0.3) is 0 Å². The molecule has 0 aromatic heterocycles. The zero-order valence-corrected chi connectivity index (χ0v) is 12.8. The van der Waals surface area contributed by atoms with Gasteiger partial charge in [-0.25, -0.2) is 4.79 Å². The van der Waals surface area contributed by atoms with Crippen molar-refractivity contribution in [3.05, 3.63) is 11.1 Å². The van der Waals surface area contributed by atoms with Crippen molar-refractivity contribution in [2.24, 2.45) is 11.3 Å². The van der Waals surface area contributed by atoms with Crippen LogP contribution in [0, 0.1) is 11.3 Å². The Labute approximate surface area is 120 Å². The molecule has 0 saturated heterocycles. The molecule has 20 heavy (non-hydrogen) atoms. The lowest BCUT2D eigenvalue weighted by molar-refractivity contribution is -0.253. The first-order valence-electron chi connectivity index (χ1n) is 7.49. The second kappa shape index (κ2) is 4.08. The highest BCUT2D eigenvalue weighted by Gasteiger charge is 2.64. The van der Waals surface area contributed by atoms with E-state index in [2.05, 4.69) is 13.8 Å². The van der Waals surface area contributed by atoms with Gasteiger partial charge in [-0.1, -0.05) is 20.3 Å². The molecule has 2 saturated carbocycles. The predicted molar refractivity (Wildman–Crippen MR) is 73.8 cm³/mol. The van der Waals surface area contributed by atoms with Crippen molar-refractivity contribution in [2.45, 2.75) is 64.3 Å². The first-order valence-corrected chi connectivity index (χ1v) is 7.49. The molecule has 3 aliphatic rings. The molecular weight excluding hydrogens is 256 g/mol. The molecule has 2 fully saturated rings. The topological polar surface area (TPSA) is 55.8 Å². The molecule has 1 N–H and O–H groups in total. The minimum absolute atomic E-state index is 0.229. The molecule has 4 nitrogen and oxygen atoms in total. The Kier molecular flexibility index (Phi) is 2.87. The maximum atomic E-state index is 12.0. The van der Waals surface area contributed by atoms with Crippen LogP contribution in [0.5, 0.6) is 0 Å². The molecule has 0 amide bonds. The summed E-state index contributed by atoms with van der Waals surface area (Å²) in [6.45, 7) is 6.00. The van der Waals surface area contributed by atoms with E-state index < -0.39 is 11.4 Å². The van der Waals surface area contributed by atoms with Gasteiger partial charge in [0.15, 0.2) is 0 Å². The van der Waals surface area contributed by atoms with Crippen LogP contribution in [0.1, 0.15) is 52.9 Å². The van der Waals surface area contributed by atoms with Crippen LogP contribution >= 0.6 is 0 Å². The lowest BCUT2D eigenvalue weighted by Gasteiger charge is -2.58. The summed E-state index contributed by atoms with van der Waals surface area (Å²) in [6, 6.07) is 0. The van der Waals surface area contributed by atoms with Gasteiger partial charge in [0.2, 0.25) is 5.79 Å². The van der Waals surface area contributed by atoms with E-state index >= 15 is 0 Å². The average molecular weight is 280 g/mol. The van der Waals surface area contributed by atoms with Crippen molar-refractivity contribution in [2.75, 3.05) is 7.11 Å². The molecule has 4 atom stereocenters. The van der Waals surface area contributed by atoms with E-state index in [1.165, 1.54) is 0 Å². The Bertz CT molecular complexity index is 497. The average Bonchev–Trinajstić information content (AvgIpc) is 2.62. The van der Waals surface area contributed by atoms with Crippen LogP contribution in [-0.4, -0.2) is 29.6 Å². The second-order valence-corrected chi connectivity index (χ2v) is 7.08. The first kappa shape index (κ1) is 14.1. The molecule has 1 heterocycles. The van der Waals surface area contributed by atoms with Crippen molar-refractivity contribution < 1.29 is 19.4 Å². The van der Waals surface area contributed by atoms with Crippen molar-refractivity contribution in [3.8, 4) is 0 Å². The van der Waals surface area contributed by atoms with Gasteiger partial charge in [0.05, 0.1) is 5.60 Å². The first-order chi connectivity index (χ1) is 9.28. The fourth-order valence-electron chi connectivity index (χ4n) is 4.60. The van der Waals surface area contributed by atoms with Crippen LogP contribution < -0.4 is 0 Å². The van der Waals surface area contributed by atoms with Crippen LogP contribution in [0.4, 0.5) is 0 Å². The molecule has 0 spiro atoms. The van der Waals surface area contributed by atoms with Crippen LogP contribution in [0.2, 0.25) is 0 Å². The van der Waals surface area contributed by atoms with E-state index in [-0.39, 0.29) is 17.3 Å². The molecule has 0 unspecified atom stereocenters. The number of fused-ring (bicyclic) bond motifs is 2. The Morgan fingerprint density at radius 3 is 2.80 bits per heavy atom. The fourth-order valence-corrected chi connectivity index (χ4v) is 4.60. The number of esters is 1. The molecule has 0 aromatic carbocycles. The molecular formula is C16H24O4. The van der Waals surface area contributed by atoms with Gasteiger partial charge in [0.1, 0.15) is 0 Å². The van der Waals surface area contributed by atoms with Crippen molar-refractivity contribution in [3.63, 3.8) is 0 Å². The minimum Gasteiger partial charge on any atom is -0.426 e. The molecule has 0 radical (unpaired) electrons. The Morgan fingerprint density at radius 2 is 2.15 bits per heavy atom. The lowest BCUT2D eigenvalue weighted by atomic mass is 9.51. The Morgan fingerprint density at radius 1 is 1.45 bits per heavy atom. The molecule has 0 bridgehead atoms. The molecule has 4 heteroatoms. The maximum absolute atomic E-state index is 12.0. The van der Waals surface area contributed by atoms with E-state index in [1.807, 2.05) is 0 Å². The smallest absolute Gasteiger partial charge is 0.336 e. The third-order valence-corrected chi connectivity index (χ3v) is 6.10. The summed E-state index contributed by atoms with van der Waals surface area (Å²) >= 11 is 0. The number of hydrogen-bond donors (Lipinski definition) is 1. The third-order valence-electron chi connectivity index (χ3n) is 6.10. The summed E-state index contributed by atoms with van der Waals surface area (Å²) < 4.78 is 11.2. The number of rotatable bonds is 1. The normalized spacial score (nSPS) is 47.9. The van der Waals surface area contributed by atoms with Gasteiger partial charge in [-0.15, -0.1) is 0 Å². The van der Waals surface area contributed by atoms with E-state index in [0.717, 1.165) is 24.8 Å². The van der Waals surface area contributed by atoms with Crippen LogP contribution in [0.3, 0.4) is 0 Å². The van der Waals surface area contributed by atoms with Crippen LogP contribution in [-0.2, 0) is 14.3 Å². The minimum atomic E-state index is -0.945. The van der Waals surface area contributed by atoms with Crippen molar-refractivity contribution >= 4 is 5.97 Å². The zero-order valence-electron chi connectivity index (χ0n) is 12.8. The summed E-state index contributed by atoms with van der Waals surface area (Å²) in [5.41, 5.74) is 0.422. The monoisotopic (exact) mass is 280 g/mol. The summed E-state index contributed by atoms with van der Waals surface area (Å²) in [5.74, 6) is -1.02. The predicted octanol–water partition coefficient (Wildman–Crippen LogP) is 2.55. The van der Waals surface area contributed by atoms with Gasteiger partial charge in [-0.2, -0.15) is 0 Å². The third kappa shape index (κ3) is 1.52. The summed E-state index contributed by atoms with van der Waals surface area (Å²) in [7, 11) is 1.59. The summed E-state index contributed by atoms with van der Waals surface area (Å²) in [6.07, 6.45) is 4.12. The van der Waals surface area contributed by atoms with E-state index in [4.69, 9.17) is 9.47 Å². The number of ether oxygens (including phenoxy) is 2. The number of carbonyl (C=O) groups excluding carboxylic acids is 1. The van der Waals surface area contributed by atoms with Gasteiger partial charge >= 0.3 is 5.97 Å². The standard InChI is InChI=1S/C16H24O4/c1-10-6-5-7-14(3)9-16(19-4)12(8-15(10,14)18)11(2)13(17)20-16/h10,18H,5-9H2,1-4H3/t10-,14-,15-,16+/m0/s1. The number of hydrogen-bond acceptors (Lipinski definition) is 4. The van der Waals surface area contributed by atoms with Crippen molar-refractivity contribution in [1.29, 1.82) is 0 Å². The Balaban J connectivity index is 2.11. The number of methoxy groups -OCH3 is 1. The van der Waals surface area contributed by atoms with E-state index in [0.29, 0.717) is 18.4 Å². The highest BCUT2D eigenvalue weighted by Crippen LogP contribution is 2.61. The molecule has 112 valence electrons. The number of aliphatic hydroxyl groups is 1. The molecule has 2 aliphatic carbocycles. The van der Waals surface area contributed by atoms with Crippen LogP contribution in [0.15, 0.2) is 11.1 Å². The van der Waals surface area contributed by atoms with Crippen LogP contribution in [0.25, 0.3) is 0 Å². The van der Waals surface area contributed by atoms with Gasteiger partial charge < -0.3 is 14.6 Å². The summed E-state index contributed by atoms with van der Waals surface area (Å²) in [5, 5.41) is 11.3. The van der Waals surface area contributed by atoms with E-state index in [9.17, 15) is 9.90 Å². The fraction of sp³-hybridized carbons (Fsp3) is 0.812. The molecule has 3 rings (SSSR count). The largest absolute Gasteiger partial charge is 0.426 e. The van der Waals surface area contributed by atoms with E-state index in [1.54, 1.807) is 14.0 Å². The quantitative estimate of drug-likeness (QED) is 0.750. The maximum Gasteiger partial charge on any atom is 0.336 e. The highest BCUT2D eigenvalue weighted by atomic mass is 16.7. The zero-order chi connectivity index (χ0) is 14.8. The van der Waals surface area contributed by atoms with Gasteiger partial charge in [0, 0.05) is 36.5 Å². The number of carbonyl (C=O) groups is 1. The molecule has 1 aliphatic heterocycles. The lowest BCUT2D eigenvalue weighted by Crippen LogP contribution is -2.62. The second-order valence-electron chi connectivity index (χ2n) is 7.08. The van der Waals surface area contributed by atoms with Gasteiger partial charge in [-0.05, 0) is 25.7 Å². The van der Waals surface area contributed by atoms with Gasteiger partial charge in [-0.3, -0.25) is 0 Å². The summed E-state index contributed by atoms with van der Waals surface area (Å²) in [4.78, 5) is 12.0. The Hall–Kier alpha value is -0.870. The highest BCUT2D eigenvalue weighted by molar-refractivity contribution is 5.92. The SMILES string of the molecule is CO[C@@]12C[C@]3(C)CCC[C@H](C)[C@@]3(O)CC1=C(C)C(=O)O2. The van der Waals surface area contributed by atoms with Crippen molar-refractivity contribution in [1.82, 2.24) is 0 Å². The molecule has 0 aromatic rings.